The smallest absolute Gasteiger partial charge is 0.184 e. The average molecular weight is 240 g/mol. The summed E-state index contributed by atoms with van der Waals surface area (Å²) in [5.74, 6) is 0. The summed E-state index contributed by atoms with van der Waals surface area (Å²) in [6.45, 7) is 0.532. The molecule has 1 saturated heterocycles. The highest BCUT2D eigenvalue weighted by atomic mass is 16.7. The van der Waals surface area contributed by atoms with Crippen molar-refractivity contribution in [1.29, 1.82) is 0 Å². The van der Waals surface area contributed by atoms with Crippen LogP contribution in [0.3, 0.4) is 0 Å². The van der Waals surface area contributed by atoms with E-state index in [4.69, 9.17) is 14.6 Å². The van der Waals surface area contributed by atoms with E-state index in [-0.39, 0.29) is 6.61 Å². The second kappa shape index (κ2) is 5.57. The van der Waals surface area contributed by atoms with Crippen molar-refractivity contribution in [2.24, 2.45) is 0 Å². The van der Waals surface area contributed by atoms with E-state index in [0.717, 1.165) is 5.56 Å². The van der Waals surface area contributed by atoms with Crippen molar-refractivity contribution in [1.82, 2.24) is 0 Å². The van der Waals surface area contributed by atoms with E-state index < -0.39 is 24.6 Å². The summed E-state index contributed by atoms with van der Waals surface area (Å²) in [6, 6.07) is 9.59. The minimum atomic E-state index is -1.34. The van der Waals surface area contributed by atoms with Crippen LogP contribution in [0.25, 0.3) is 0 Å². The standard InChI is InChI=1S/C12H16O5/c13-10-9(17-12(15)11(10)14)7-16-6-8-4-2-1-3-5-8/h1-5,9-15H,6-7H2/t9-,10-,11-,12?/m1/s1. The van der Waals surface area contributed by atoms with Crippen LogP contribution in [-0.4, -0.2) is 46.5 Å². The van der Waals surface area contributed by atoms with Gasteiger partial charge < -0.3 is 24.8 Å². The molecule has 0 amide bonds. The quantitative estimate of drug-likeness (QED) is 0.670. The number of hydrogen-bond acceptors (Lipinski definition) is 5. The molecule has 0 aromatic heterocycles. The van der Waals surface area contributed by atoms with Crippen molar-refractivity contribution in [2.45, 2.75) is 31.2 Å². The van der Waals surface area contributed by atoms with Crippen LogP contribution in [0.1, 0.15) is 5.56 Å². The highest BCUT2D eigenvalue weighted by molar-refractivity contribution is 5.13. The molecule has 1 aliphatic heterocycles. The molecule has 1 fully saturated rings. The first-order chi connectivity index (χ1) is 8.18. The first-order valence-electron chi connectivity index (χ1n) is 5.50. The van der Waals surface area contributed by atoms with E-state index in [1.54, 1.807) is 0 Å². The largest absolute Gasteiger partial charge is 0.387 e. The molecule has 4 atom stereocenters. The van der Waals surface area contributed by atoms with Crippen LogP contribution in [-0.2, 0) is 16.1 Å². The van der Waals surface area contributed by atoms with E-state index in [9.17, 15) is 10.2 Å². The SMILES string of the molecule is OC1O[C@H](COCc2ccccc2)[C@@H](O)[C@H]1O. The molecule has 2 rings (SSSR count). The predicted molar refractivity (Wildman–Crippen MR) is 59.0 cm³/mol. The van der Waals surface area contributed by atoms with Gasteiger partial charge in [-0.1, -0.05) is 30.3 Å². The molecule has 1 aliphatic rings. The Kier molecular flexibility index (Phi) is 4.09. The maximum atomic E-state index is 9.51. The summed E-state index contributed by atoms with van der Waals surface area (Å²) in [7, 11) is 0. The van der Waals surface area contributed by atoms with Crippen LogP contribution in [0.2, 0.25) is 0 Å². The minimum Gasteiger partial charge on any atom is -0.387 e. The Bertz CT molecular complexity index is 342. The Morgan fingerprint density at radius 3 is 2.35 bits per heavy atom. The first-order valence-corrected chi connectivity index (χ1v) is 5.50. The van der Waals surface area contributed by atoms with Crippen LogP contribution in [0.5, 0.6) is 0 Å². The van der Waals surface area contributed by atoms with Gasteiger partial charge in [0, 0.05) is 0 Å². The third kappa shape index (κ3) is 3.02. The molecule has 0 bridgehead atoms. The van der Waals surface area contributed by atoms with Gasteiger partial charge in [0.2, 0.25) is 0 Å². The summed E-state index contributed by atoms with van der Waals surface area (Å²) >= 11 is 0. The number of ether oxygens (including phenoxy) is 2. The second-order valence-electron chi connectivity index (χ2n) is 4.05. The van der Waals surface area contributed by atoms with Crippen molar-refractivity contribution in [3.05, 3.63) is 35.9 Å². The lowest BCUT2D eigenvalue weighted by atomic mass is 10.1. The molecule has 94 valence electrons. The first kappa shape index (κ1) is 12.5. The summed E-state index contributed by atoms with van der Waals surface area (Å²) in [5, 5.41) is 27.9. The van der Waals surface area contributed by atoms with Gasteiger partial charge in [0.25, 0.3) is 0 Å². The number of hydrogen-bond donors (Lipinski definition) is 3. The zero-order chi connectivity index (χ0) is 12.3. The highest BCUT2D eigenvalue weighted by Crippen LogP contribution is 2.19. The minimum absolute atomic E-state index is 0.129. The van der Waals surface area contributed by atoms with Crippen LogP contribution < -0.4 is 0 Å². The molecule has 1 aromatic carbocycles. The number of benzene rings is 1. The van der Waals surface area contributed by atoms with Gasteiger partial charge in [-0.3, -0.25) is 0 Å². The van der Waals surface area contributed by atoms with Crippen molar-refractivity contribution in [2.75, 3.05) is 6.61 Å². The molecule has 0 spiro atoms. The third-order valence-corrected chi connectivity index (χ3v) is 2.73. The third-order valence-electron chi connectivity index (χ3n) is 2.73. The fraction of sp³-hybridized carbons (Fsp3) is 0.500. The normalized spacial score (nSPS) is 32.9. The number of aliphatic hydroxyl groups is 3. The number of rotatable bonds is 4. The number of aliphatic hydroxyl groups excluding tert-OH is 3. The summed E-state index contributed by atoms with van der Waals surface area (Å²) in [4.78, 5) is 0. The van der Waals surface area contributed by atoms with Gasteiger partial charge in [0.05, 0.1) is 13.2 Å². The summed E-state index contributed by atoms with van der Waals surface area (Å²) in [6.07, 6.45) is -4.40. The molecular formula is C12H16O5. The Hall–Kier alpha value is -0.980. The molecule has 17 heavy (non-hydrogen) atoms. The molecule has 5 nitrogen and oxygen atoms in total. The maximum Gasteiger partial charge on any atom is 0.184 e. The van der Waals surface area contributed by atoms with E-state index in [2.05, 4.69) is 0 Å². The molecule has 0 radical (unpaired) electrons. The van der Waals surface area contributed by atoms with E-state index >= 15 is 0 Å². The summed E-state index contributed by atoms with van der Waals surface area (Å²) in [5.41, 5.74) is 1.01. The average Bonchev–Trinajstić information content (AvgIpc) is 2.59. The fourth-order valence-corrected chi connectivity index (χ4v) is 1.73. The maximum absolute atomic E-state index is 9.51. The fourth-order valence-electron chi connectivity index (χ4n) is 1.73. The predicted octanol–water partition coefficient (Wildman–Crippen LogP) is -0.358. The van der Waals surface area contributed by atoms with Crippen molar-refractivity contribution < 1.29 is 24.8 Å². The van der Waals surface area contributed by atoms with Gasteiger partial charge in [0.15, 0.2) is 6.29 Å². The van der Waals surface area contributed by atoms with E-state index in [0.29, 0.717) is 6.61 Å². The summed E-state index contributed by atoms with van der Waals surface area (Å²) < 4.78 is 10.3. The monoisotopic (exact) mass is 240 g/mol. The molecule has 5 heteroatoms. The molecule has 0 saturated carbocycles. The molecule has 0 aliphatic carbocycles. The van der Waals surface area contributed by atoms with Crippen LogP contribution >= 0.6 is 0 Å². The molecule has 3 N–H and O–H groups in total. The molecule has 1 aromatic rings. The Morgan fingerprint density at radius 2 is 1.76 bits per heavy atom. The second-order valence-corrected chi connectivity index (χ2v) is 4.05. The topological polar surface area (TPSA) is 79.2 Å². The van der Waals surface area contributed by atoms with Crippen LogP contribution in [0.4, 0.5) is 0 Å². The molecular weight excluding hydrogens is 224 g/mol. The lowest BCUT2D eigenvalue weighted by molar-refractivity contribution is -0.137. The van der Waals surface area contributed by atoms with Gasteiger partial charge >= 0.3 is 0 Å². The zero-order valence-corrected chi connectivity index (χ0v) is 9.27. The Balaban J connectivity index is 1.76. The molecule has 1 heterocycles. The van der Waals surface area contributed by atoms with Crippen molar-refractivity contribution in [3.63, 3.8) is 0 Å². The zero-order valence-electron chi connectivity index (χ0n) is 9.27. The highest BCUT2D eigenvalue weighted by Gasteiger charge is 2.41. The molecule has 1 unspecified atom stereocenters. The van der Waals surface area contributed by atoms with Gasteiger partial charge in [-0.2, -0.15) is 0 Å². The van der Waals surface area contributed by atoms with Crippen molar-refractivity contribution >= 4 is 0 Å². The van der Waals surface area contributed by atoms with E-state index in [1.807, 2.05) is 30.3 Å². The Labute approximate surface area is 99.2 Å². The van der Waals surface area contributed by atoms with Crippen molar-refractivity contribution in [3.8, 4) is 0 Å². The lowest BCUT2D eigenvalue weighted by Crippen LogP contribution is -2.34. The van der Waals surface area contributed by atoms with E-state index in [1.165, 1.54) is 0 Å². The van der Waals surface area contributed by atoms with Crippen LogP contribution in [0.15, 0.2) is 30.3 Å². The van der Waals surface area contributed by atoms with Gasteiger partial charge in [-0.25, -0.2) is 0 Å². The Morgan fingerprint density at radius 1 is 1.06 bits per heavy atom. The lowest BCUT2D eigenvalue weighted by Gasteiger charge is -2.14. The van der Waals surface area contributed by atoms with Gasteiger partial charge in [-0.15, -0.1) is 0 Å². The van der Waals surface area contributed by atoms with Gasteiger partial charge in [-0.05, 0) is 5.56 Å². The van der Waals surface area contributed by atoms with Crippen LogP contribution in [0, 0.1) is 0 Å². The van der Waals surface area contributed by atoms with Gasteiger partial charge in [0.1, 0.15) is 18.3 Å².